The maximum absolute atomic E-state index is 11.7. The Morgan fingerprint density at radius 2 is 2.04 bits per heavy atom. The molecule has 1 saturated heterocycles. The molecule has 0 saturated carbocycles. The van der Waals surface area contributed by atoms with Gasteiger partial charge < -0.3 is 20.1 Å². The number of hydrogen-bond acceptors (Lipinski definition) is 4. The summed E-state index contributed by atoms with van der Waals surface area (Å²) in [4.78, 5) is 11.7. The third-order valence-electron chi connectivity index (χ3n) is 3.53. The van der Waals surface area contributed by atoms with Crippen LogP contribution in [-0.2, 0) is 16.1 Å². The molecular formula is C18H28N2O3. The molecule has 0 aromatic heterocycles. The van der Waals surface area contributed by atoms with Gasteiger partial charge in [0.15, 0.2) is 6.61 Å². The zero-order chi connectivity index (χ0) is 16.7. The van der Waals surface area contributed by atoms with Crippen molar-refractivity contribution in [3.05, 3.63) is 29.8 Å². The second-order valence-electron chi connectivity index (χ2n) is 7.00. The van der Waals surface area contributed by atoms with Crippen LogP contribution in [0.3, 0.4) is 0 Å². The molecule has 128 valence electrons. The zero-order valence-electron chi connectivity index (χ0n) is 14.4. The first kappa shape index (κ1) is 17.8. The van der Waals surface area contributed by atoms with Crippen LogP contribution in [0.1, 0.15) is 39.2 Å². The molecule has 1 aromatic carbocycles. The predicted octanol–water partition coefficient (Wildman–Crippen LogP) is 2.25. The molecule has 2 rings (SSSR count). The third-order valence-corrected chi connectivity index (χ3v) is 3.53. The summed E-state index contributed by atoms with van der Waals surface area (Å²) >= 11 is 0. The van der Waals surface area contributed by atoms with Gasteiger partial charge in [0.05, 0.1) is 6.10 Å². The summed E-state index contributed by atoms with van der Waals surface area (Å²) in [5.74, 6) is 0.594. The first-order valence-electron chi connectivity index (χ1n) is 8.27. The number of nitrogens with one attached hydrogen (secondary N) is 2. The van der Waals surface area contributed by atoms with Crippen molar-refractivity contribution < 1.29 is 14.3 Å². The van der Waals surface area contributed by atoms with Crippen molar-refractivity contribution in [2.24, 2.45) is 0 Å². The van der Waals surface area contributed by atoms with Crippen LogP contribution in [0, 0.1) is 0 Å². The molecule has 0 radical (unpaired) electrons. The molecular weight excluding hydrogens is 292 g/mol. The predicted molar refractivity (Wildman–Crippen MR) is 90.5 cm³/mol. The molecule has 1 amide bonds. The molecule has 2 N–H and O–H groups in total. The van der Waals surface area contributed by atoms with Crippen molar-refractivity contribution in [2.75, 3.05) is 19.8 Å². The molecule has 1 fully saturated rings. The molecule has 0 bridgehead atoms. The molecule has 5 nitrogen and oxygen atoms in total. The molecule has 1 aliphatic rings. The standard InChI is InChI=1S/C18H28N2O3/c1-18(2,3)20-17(21)13-23-15-8-6-14(7-9-15)11-19-12-16-5-4-10-22-16/h6-9,16,19H,4-5,10-13H2,1-3H3,(H,20,21). The number of hydrogen-bond donors (Lipinski definition) is 2. The zero-order valence-corrected chi connectivity index (χ0v) is 14.4. The van der Waals surface area contributed by atoms with Crippen molar-refractivity contribution in [3.8, 4) is 5.75 Å². The van der Waals surface area contributed by atoms with E-state index in [1.54, 1.807) is 0 Å². The van der Waals surface area contributed by atoms with Crippen LogP contribution in [0.25, 0.3) is 0 Å². The van der Waals surface area contributed by atoms with Gasteiger partial charge in [0.1, 0.15) is 5.75 Å². The van der Waals surface area contributed by atoms with Gasteiger partial charge in [0.25, 0.3) is 5.91 Å². The van der Waals surface area contributed by atoms with Crippen LogP contribution < -0.4 is 15.4 Å². The van der Waals surface area contributed by atoms with Crippen LogP contribution >= 0.6 is 0 Å². The summed E-state index contributed by atoms with van der Waals surface area (Å²) in [5.41, 5.74) is 0.952. The Labute approximate surface area is 138 Å². The molecule has 1 aliphatic heterocycles. The Morgan fingerprint density at radius 3 is 2.65 bits per heavy atom. The summed E-state index contributed by atoms with van der Waals surface area (Å²) in [6.07, 6.45) is 2.68. The summed E-state index contributed by atoms with van der Waals surface area (Å²) in [7, 11) is 0. The lowest BCUT2D eigenvalue weighted by molar-refractivity contribution is -0.124. The fourth-order valence-electron chi connectivity index (χ4n) is 2.49. The maximum Gasteiger partial charge on any atom is 0.258 e. The summed E-state index contributed by atoms with van der Waals surface area (Å²) < 4.78 is 11.1. The topological polar surface area (TPSA) is 59.6 Å². The van der Waals surface area contributed by atoms with Gasteiger partial charge in [0, 0.05) is 25.2 Å². The molecule has 0 aliphatic carbocycles. The first-order valence-corrected chi connectivity index (χ1v) is 8.27. The van der Waals surface area contributed by atoms with E-state index in [2.05, 4.69) is 10.6 Å². The molecule has 23 heavy (non-hydrogen) atoms. The van der Waals surface area contributed by atoms with Crippen LogP contribution in [0.15, 0.2) is 24.3 Å². The van der Waals surface area contributed by atoms with Gasteiger partial charge >= 0.3 is 0 Å². The quantitative estimate of drug-likeness (QED) is 0.809. The average molecular weight is 320 g/mol. The number of carbonyl (C=O) groups excluding carboxylic acids is 1. The minimum absolute atomic E-state index is 0.0356. The van der Waals surface area contributed by atoms with Crippen molar-refractivity contribution in [1.82, 2.24) is 10.6 Å². The van der Waals surface area contributed by atoms with Crippen LogP contribution in [-0.4, -0.2) is 37.3 Å². The Hall–Kier alpha value is -1.59. The fraction of sp³-hybridized carbons (Fsp3) is 0.611. The summed E-state index contributed by atoms with van der Waals surface area (Å²) in [6, 6.07) is 7.82. The van der Waals surface area contributed by atoms with Crippen molar-refractivity contribution >= 4 is 5.91 Å². The number of ether oxygens (including phenoxy) is 2. The smallest absolute Gasteiger partial charge is 0.258 e. The third kappa shape index (κ3) is 7.01. The van der Waals surface area contributed by atoms with E-state index in [0.29, 0.717) is 11.9 Å². The van der Waals surface area contributed by atoms with E-state index in [-0.39, 0.29) is 18.1 Å². The molecule has 1 atom stereocenters. The second-order valence-corrected chi connectivity index (χ2v) is 7.00. The van der Waals surface area contributed by atoms with Crippen molar-refractivity contribution in [3.63, 3.8) is 0 Å². The fourth-order valence-corrected chi connectivity index (χ4v) is 2.49. The Bertz CT molecular complexity index is 488. The Balaban J connectivity index is 1.68. The van der Waals surface area contributed by atoms with Gasteiger partial charge in [-0.1, -0.05) is 12.1 Å². The van der Waals surface area contributed by atoms with Gasteiger partial charge in [-0.05, 0) is 51.3 Å². The number of benzene rings is 1. The lowest BCUT2D eigenvalue weighted by atomic mass is 10.1. The normalized spacial score (nSPS) is 18.0. The minimum atomic E-state index is -0.237. The maximum atomic E-state index is 11.7. The van der Waals surface area contributed by atoms with E-state index in [0.717, 1.165) is 26.1 Å². The summed E-state index contributed by atoms with van der Waals surface area (Å²) in [5, 5.41) is 6.28. The molecule has 1 unspecified atom stereocenters. The lowest BCUT2D eigenvalue weighted by Crippen LogP contribution is -2.43. The number of carbonyl (C=O) groups is 1. The van der Waals surface area contributed by atoms with Gasteiger partial charge in [-0.2, -0.15) is 0 Å². The largest absolute Gasteiger partial charge is 0.484 e. The summed E-state index contributed by atoms with van der Waals surface area (Å²) in [6.45, 7) is 8.47. The molecule has 1 aromatic rings. The Morgan fingerprint density at radius 1 is 1.30 bits per heavy atom. The van der Waals surface area contributed by atoms with E-state index in [9.17, 15) is 4.79 Å². The van der Waals surface area contributed by atoms with Crippen LogP contribution in [0.2, 0.25) is 0 Å². The molecule has 0 spiro atoms. The lowest BCUT2D eigenvalue weighted by Gasteiger charge is -2.20. The van der Waals surface area contributed by atoms with Gasteiger partial charge in [0.2, 0.25) is 0 Å². The molecule has 5 heteroatoms. The van der Waals surface area contributed by atoms with E-state index in [1.165, 1.54) is 12.0 Å². The number of amides is 1. The average Bonchev–Trinajstić information content (AvgIpc) is 2.98. The second kappa shape index (κ2) is 8.31. The number of rotatable bonds is 7. The van der Waals surface area contributed by atoms with Gasteiger partial charge in [-0.15, -0.1) is 0 Å². The van der Waals surface area contributed by atoms with Gasteiger partial charge in [-0.25, -0.2) is 0 Å². The monoisotopic (exact) mass is 320 g/mol. The van der Waals surface area contributed by atoms with E-state index in [4.69, 9.17) is 9.47 Å². The van der Waals surface area contributed by atoms with E-state index >= 15 is 0 Å². The highest BCUT2D eigenvalue weighted by atomic mass is 16.5. The highest BCUT2D eigenvalue weighted by Gasteiger charge is 2.15. The van der Waals surface area contributed by atoms with Gasteiger partial charge in [-0.3, -0.25) is 4.79 Å². The van der Waals surface area contributed by atoms with Crippen molar-refractivity contribution in [1.29, 1.82) is 0 Å². The highest BCUT2D eigenvalue weighted by Crippen LogP contribution is 2.13. The Kier molecular flexibility index (Phi) is 6.42. The van der Waals surface area contributed by atoms with Crippen molar-refractivity contribution in [2.45, 2.75) is 51.8 Å². The highest BCUT2D eigenvalue weighted by molar-refractivity contribution is 5.78. The van der Waals surface area contributed by atoms with E-state index in [1.807, 2.05) is 45.0 Å². The van der Waals surface area contributed by atoms with E-state index < -0.39 is 0 Å². The van der Waals surface area contributed by atoms with Crippen LogP contribution in [0.4, 0.5) is 0 Å². The van der Waals surface area contributed by atoms with Crippen LogP contribution in [0.5, 0.6) is 5.75 Å². The SMILES string of the molecule is CC(C)(C)NC(=O)COc1ccc(CNCC2CCCO2)cc1. The first-order chi connectivity index (χ1) is 10.9. The minimum Gasteiger partial charge on any atom is -0.484 e. The molecule has 1 heterocycles.